The van der Waals surface area contributed by atoms with Crippen molar-refractivity contribution in [3.05, 3.63) is 23.9 Å². The molecule has 2 heterocycles. The van der Waals surface area contributed by atoms with Crippen molar-refractivity contribution in [1.82, 2.24) is 9.88 Å². The van der Waals surface area contributed by atoms with Crippen LogP contribution in [0.4, 0.5) is 5.82 Å². The van der Waals surface area contributed by atoms with Gasteiger partial charge in [0.15, 0.2) is 0 Å². The van der Waals surface area contributed by atoms with E-state index >= 15 is 0 Å². The summed E-state index contributed by atoms with van der Waals surface area (Å²) in [5.74, 6) is 1.52. The van der Waals surface area contributed by atoms with Gasteiger partial charge >= 0.3 is 0 Å². The quantitative estimate of drug-likeness (QED) is 0.792. The molecule has 1 aliphatic carbocycles. The van der Waals surface area contributed by atoms with E-state index in [9.17, 15) is 4.79 Å². The summed E-state index contributed by atoms with van der Waals surface area (Å²) in [5.41, 5.74) is 0.575. The van der Waals surface area contributed by atoms with E-state index in [2.05, 4.69) is 16.0 Å². The molecule has 5 heteroatoms. The van der Waals surface area contributed by atoms with Crippen molar-refractivity contribution in [2.24, 2.45) is 5.92 Å². The van der Waals surface area contributed by atoms with Gasteiger partial charge < -0.3 is 9.80 Å². The van der Waals surface area contributed by atoms with E-state index < -0.39 is 0 Å². The summed E-state index contributed by atoms with van der Waals surface area (Å²) in [7, 11) is 0. The zero-order valence-corrected chi connectivity index (χ0v) is 10.7. The van der Waals surface area contributed by atoms with E-state index in [0.717, 1.165) is 44.8 Å². The lowest BCUT2D eigenvalue weighted by molar-refractivity contribution is -0.132. The summed E-state index contributed by atoms with van der Waals surface area (Å²) in [6.45, 7) is 3.18. The Hall–Kier alpha value is -2.09. The van der Waals surface area contributed by atoms with Gasteiger partial charge in [0, 0.05) is 38.3 Å². The van der Waals surface area contributed by atoms with Gasteiger partial charge in [-0.25, -0.2) is 4.98 Å². The molecule has 1 aliphatic heterocycles. The van der Waals surface area contributed by atoms with Crippen molar-refractivity contribution in [3.63, 3.8) is 0 Å². The molecule has 1 amide bonds. The van der Waals surface area contributed by atoms with Gasteiger partial charge in [0.2, 0.25) is 5.91 Å². The Morgan fingerprint density at radius 2 is 2.00 bits per heavy atom. The maximum absolute atomic E-state index is 11.9. The second-order valence-electron chi connectivity index (χ2n) is 5.10. The molecule has 0 spiro atoms. The van der Waals surface area contributed by atoms with Crippen LogP contribution in [0.15, 0.2) is 18.3 Å². The van der Waals surface area contributed by atoms with Crippen LogP contribution in [0.5, 0.6) is 0 Å². The summed E-state index contributed by atoms with van der Waals surface area (Å²) < 4.78 is 0. The van der Waals surface area contributed by atoms with Crippen molar-refractivity contribution in [3.8, 4) is 6.07 Å². The predicted molar refractivity (Wildman–Crippen MR) is 70.5 cm³/mol. The molecule has 1 aromatic heterocycles. The van der Waals surface area contributed by atoms with E-state index in [0.29, 0.717) is 17.4 Å². The summed E-state index contributed by atoms with van der Waals surface area (Å²) >= 11 is 0. The third kappa shape index (κ3) is 2.53. The maximum atomic E-state index is 11.9. The molecule has 0 N–H and O–H groups in total. The minimum atomic E-state index is 0.305. The summed E-state index contributed by atoms with van der Waals surface area (Å²) in [4.78, 5) is 20.4. The second kappa shape index (κ2) is 4.88. The standard InChI is InChI=1S/C14H16N4O/c15-9-11-1-4-13(16-10-11)17-5-7-18(8-6-17)14(19)12-2-3-12/h1,4,10,12H,2-3,5-8H2. The Bertz CT molecular complexity index is 507. The van der Waals surface area contributed by atoms with Crippen molar-refractivity contribution < 1.29 is 4.79 Å². The fourth-order valence-electron chi connectivity index (χ4n) is 2.38. The van der Waals surface area contributed by atoms with E-state index in [-0.39, 0.29) is 0 Å². The molecule has 1 saturated heterocycles. The average molecular weight is 256 g/mol. The van der Waals surface area contributed by atoms with Gasteiger partial charge in [-0.1, -0.05) is 0 Å². The molecule has 0 bridgehead atoms. The average Bonchev–Trinajstić information content (AvgIpc) is 3.31. The lowest BCUT2D eigenvalue weighted by atomic mass is 10.2. The SMILES string of the molecule is N#Cc1ccc(N2CCN(C(=O)C3CC3)CC2)nc1. The molecule has 2 aliphatic rings. The Morgan fingerprint density at radius 3 is 2.53 bits per heavy atom. The van der Waals surface area contributed by atoms with Crippen LogP contribution in [0.25, 0.3) is 0 Å². The number of rotatable bonds is 2. The molecule has 5 nitrogen and oxygen atoms in total. The van der Waals surface area contributed by atoms with Crippen molar-refractivity contribution in [2.45, 2.75) is 12.8 Å². The van der Waals surface area contributed by atoms with Crippen LogP contribution in [-0.2, 0) is 4.79 Å². The topological polar surface area (TPSA) is 60.2 Å². The predicted octanol–water partition coefficient (Wildman–Crippen LogP) is 1.01. The first-order valence-electron chi connectivity index (χ1n) is 6.68. The number of hydrogen-bond acceptors (Lipinski definition) is 4. The maximum Gasteiger partial charge on any atom is 0.225 e. The van der Waals surface area contributed by atoms with Crippen LogP contribution in [-0.4, -0.2) is 42.0 Å². The van der Waals surface area contributed by atoms with E-state index in [1.165, 1.54) is 0 Å². The number of amides is 1. The first kappa shape index (κ1) is 12.0. The number of carbonyl (C=O) groups is 1. The van der Waals surface area contributed by atoms with Gasteiger partial charge in [0.25, 0.3) is 0 Å². The number of piperazine rings is 1. The molecular weight excluding hydrogens is 240 g/mol. The van der Waals surface area contributed by atoms with E-state index in [1.807, 2.05) is 11.0 Å². The molecule has 1 saturated carbocycles. The van der Waals surface area contributed by atoms with Crippen molar-refractivity contribution in [2.75, 3.05) is 31.1 Å². The van der Waals surface area contributed by atoms with E-state index in [4.69, 9.17) is 5.26 Å². The van der Waals surface area contributed by atoms with Crippen LogP contribution >= 0.6 is 0 Å². The van der Waals surface area contributed by atoms with Crippen molar-refractivity contribution >= 4 is 11.7 Å². The summed E-state index contributed by atoms with van der Waals surface area (Å²) in [6.07, 6.45) is 3.73. The minimum Gasteiger partial charge on any atom is -0.353 e. The molecular formula is C14H16N4O. The van der Waals surface area contributed by atoms with Gasteiger partial charge in [-0.2, -0.15) is 5.26 Å². The zero-order chi connectivity index (χ0) is 13.2. The number of pyridine rings is 1. The highest BCUT2D eigenvalue weighted by Gasteiger charge is 2.34. The van der Waals surface area contributed by atoms with Crippen molar-refractivity contribution in [1.29, 1.82) is 5.26 Å². The molecule has 19 heavy (non-hydrogen) atoms. The van der Waals surface area contributed by atoms with E-state index in [1.54, 1.807) is 12.3 Å². The second-order valence-corrected chi connectivity index (χ2v) is 5.10. The Balaban J connectivity index is 1.59. The number of nitrogens with zero attached hydrogens (tertiary/aromatic N) is 4. The largest absolute Gasteiger partial charge is 0.353 e. The molecule has 0 atom stereocenters. The summed E-state index contributed by atoms with van der Waals surface area (Å²) in [6, 6.07) is 5.72. The zero-order valence-electron chi connectivity index (χ0n) is 10.7. The third-order valence-electron chi connectivity index (χ3n) is 3.72. The van der Waals surface area contributed by atoms with Gasteiger partial charge in [0.05, 0.1) is 5.56 Å². The lowest BCUT2D eigenvalue weighted by Crippen LogP contribution is -2.49. The number of hydrogen-bond donors (Lipinski definition) is 0. The molecule has 0 unspecified atom stereocenters. The molecule has 98 valence electrons. The van der Waals surface area contributed by atoms with Gasteiger partial charge in [-0.3, -0.25) is 4.79 Å². The fraction of sp³-hybridized carbons (Fsp3) is 0.500. The van der Waals surface area contributed by atoms with Crippen LogP contribution in [0.3, 0.4) is 0 Å². The van der Waals surface area contributed by atoms with Gasteiger partial charge in [0.1, 0.15) is 11.9 Å². The highest BCUT2D eigenvalue weighted by molar-refractivity contribution is 5.81. The first-order chi connectivity index (χ1) is 9.28. The smallest absolute Gasteiger partial charge is 0.225 e. The molecule has 2 fully saturated rings. The fourth-order valence-corrected chi connectivity index (χ4v) is 2.38. The van der Waals surface area contributed by atoms with Gasteiger partial charge in [-0.15, -0.1) is 0 Å². The molecule has 3 rings (SSSR count). The monoisotopic (exact) mass is 256 g/mol. The van der Waals surface area contributed by atoms with Crippen LogP contribution < -0.4 is 4.90 Å². The number of nitriles is 1. The lowest BCUT2D eigenvalue weighted by Gasteiger charge is -2.35. The molecule has 1 aromatic rings. The Morgan fingerprint density at radius 1 is 1.26 bits per heavy atom. The Kier molecular flexibility index (Phi) is 3.08. The molecule has 0 aromatic carbocycles. The summed E-state index contributed by atoms with van der Waals surface area (Å²) in [5, 5.41) is 8.74. The number of aromatic nitrogens is 1. The first-order valence-corrected chi connectivity index (χ1v) is 6.68. The number of carbonyl (C=O) groups excluding carboxylic acids is 1. The van der Waals surface area contributed by atoms with Gasteiger partial charge in [-0.05, 0) is 25.0 Å². The van der Waals surface area contributed by atoms with Crippen LogP contribution in [0.1, 0.15) is 18.4 Å². The highest BCUT2D eigenvalue weighted by atomic mass is 16.2. The van der Waals surface area contributed by atoms with Crippen LogP contribution in [0, 0.1) is 17.2 Å². The normalized spacial score (nSPS) is 19.1. The number of anilines is 1. The minimum absolute atomic E-state index is 0.305. The van der Waals surface area contributed by atoms with Crippen LogP contribution in [0.2, 0.25) is 0 Å². The molecule has 0 radical (unpaired) electrons. The highest BCUT2D eigenvalue weighted by Crippen LogP contribution is 2.31. The third-order valence-corrected chi connectivity index (χ3v) is 3.72. The Labute approximate surface area is 112 Å².